The van der Waals surface area contributed by atoms with Crippen LogP contribution in [0.2, 0.25) is 5.02 Å². The van der Waals surface area contributed by atoms with Crippen LogP contribution >= 0.6 is 22.9 Å². The highest BCUT2D eigenvalue weighted by Gasteiger charge is 2.35. The van der Waals surface area contributed by atoms with E-state index in [-0.39, 0.29) is 28.0 Å². The van der Waals surface area contributed by atoms with Gasteiger partial charge in [-0.1, -0.05) is 47.5 Å². The lowest BCUT2D eigenvalue weighted by atomic mass is 9.90. The van der Waals surface area contributed by atoms with Gasteiger partial charge in [0.2, 0.25) is 15.7 Å². The summed E-state index contributed by atoms with van der Waals surface area (Å²) in [5, 5.41) is 4.94. The summed E-state index contributed by atoms with van der Waals surface area (Å²) < 4.78 is 26.2. The molecule has 0 fully saturated rings. The Morgan fingerprint density at radius 2 is 1.81 bits per heavy atom. The normalized spacial score (nSPS) is 16.7. The van der Waals surface area contributed by atoms with E-state index in [0.29, 0.717) is 10.7 Å². The number of aryl methyl sites for hydroxylation is 1. The zero-order chi connectivity index (χ0) is 19.2. The van der Waals surface area contributed by atoms with E-state index in [1.807, 2.05) is 25.1 Å². The van der Waals surface area contributed by atoms with Crippen LogP contribution in [0.15, 0.2) is 63.7 Å². The first-order chi connectivity index (χ1) is 12.9. The highest BCUT2D eigenvalue weighted by Crippen LogP contribution is 2.47. The van der Waals surface area contributed by atoms with E-state index < -0.39 is 9.84 Å². The van der Waals surface area contributed by atoms with Crippen molar-refractivity contribution >= 4 is 44.4 Å². The third-order valence-electron chi connectivity index (χ3n) is 4.66. The second kappa shape index (κ2) is 6.78. The summed E-state index contributed by atoms with van der Waals surface area (Å²) >= 11 is 7.67. The number of nitrogens with one attached hydrogen (secondary N) is 1. The second-order valence-electron chi connectivity index (χ2n) is 6.48. The fraction of sp³-hybridized carbons (Fsp3) is 0.150. The molecule has 7 heteroatoms. The van der Waals surface area contributed by atoms with Crippen LogP contribution in [0, 0.1) is 6.92 Å². The summed E-state index contributed by atoms with van der Waals surface area (Å²) in [5.74, 6) is -0.472. The van der Waals surface area contributed by atoms with Gasteiger partial charge < -0.3 is 5.32 Å². The summed E-state index contributed by atoms with van der Waals surface area (Å²) in [4.78, 5) is 13.5. The molecule has 1 amide bonds. The largest absolute Gasteiger partial charge is 0.324 e. The number of thiophene rings is 1. The number of fused-ring (bicyclic) bond motifs is 1. The number of sulfone groups is 1. The minimum atomic E-state index is -3.73. The Bertz CT molecular complexity index is 1130. The molecule has 1 aliphatic heterocycles. The molecule has 4 rings (SSSR count). The van der Waals surface area contributed by atoms with E-state index in [0.717, 1.165) is 16.0 Å². The monoisotopic (exact) mass is 417 g/mol. The van der Waals surface area contributed by atoms with E-state index >= 15 is 0 Å². The molecule has 27 heavy (non-hydrogen) atoms. The van der Waals surface area contributed by atoms with Gasteiger partial charge in [-0.25, -0.2) is 8.42 Å². The highest BCUT2D eigenvalue weighted by atomic mass is 35.5. The van der Waals surface area contributed by atoms with E-state index in [1.165, 1.54) is 11.3 Å². The molecule has 138 valence electrons. The van der Waals surface area contributed by atoms with E-state index in [4.69, 9.17) is 11.6 Å². The average molecular weight is 418 g/mol. The van der Waals surface area contributed by atoms with Crippen molar-refractivity contribution in [2.24, 2.45) is 0 Å². The maximum Gasteiger partial charge on any atom is 0.225 e. The second-order valence-corrected chi connectivity index (χ2v) is 9.72. The van der Waals surface area contributed by atoms with Crippen LogP contribution in [0.25, 0.3) is 0 Å². The number of hydrogen-bond donors (Lipinski definition) is 1. The Morgan fingerprint density at radius 1 is 1.11 bits per heavy atom. The number of hydrogen-bond acceptors (Lipinski definition) is 4. The third kappa shape index (κ3) is 3.18. The van der Waals surface area contributed by atoms with Gasteiger partial charge in [-0.15, -0.1) is 11.3 Å². The lowest BCUT2D eigenvalue weighted by Gasteiger charge is -2.24. The first-order valence-electron chi connectivity index (χ1n) is 8.35. The van der Waals surface area contributed by atoms with E-state index in [1.54, 1.807) is 35.7 Å². The summed E-state index contributed by atoms with van der Waals surface area (Å²) in [6.07, 6.45) is 0.237. The SMILES string of the molecule is Cc1ccc(S(=O)(=O)c2csc3c2NC(=O)CC3c2ccccc2Cl)cc1. The summed E-state index contributed by atoms with van der Waals surface area (Å²) in [6.45, 7) is 1.90. The Balaban J connectivity index is 1.85. The van der Waals surface area contributed by atoms with Gasteiger partial charge in [0.15, 0.2) is 0 Å². The van der Waals surface area contributed by atoms with Gasteiger partial charge in [0.25, 0.3) is 0 Å². The number of carbonyl (C=O) groups is 1. The van der Waals surface area contributed by atoms with Crippen molar-refractivity contribution in [2.75, 3.05) is 5.32 Å². The minimum Gasteiger partial charge on any atom is -0.324 e. The number of rotatable bonds is 3. The number of benzene rings is 2. The first kappa shape index (κ1) is 18.2. The smallest absolute Gasteiger partial charge is 0.225 e. The molecule has 0 saturated carbocycles. The number of anilines is 1. The maximum atomic E-state index is 13.1. The number of halogens is 1. The van der Waals surface area contributed by atoms with Crippen molar-refractivity contribution in [1.82, 2.24) is 0 Å². The van der Waals surface area contributed by atoms with Crippen molar-refractivity contribution in [1.29, 1.82) is 0 Å². The lowest BCUT2D eigenvalue weighted by molar-refractivity contribution is -0.116. The van der Waals surface area contributed by atoms with Gasteiger partial charge >= 0.3 is 0 Å². The van der Waals surface area contributed by atoms with Gasteiger partial charge in [0, 0.05) is 27.6 Å². The quantitative estimate of drug-likeness (QED) is 0.651. The molecule has 0 aliphatic carbocycles. The predicted octanol–water partition coefficient (Wildman–Crippen LogP) is 5.02. The Labute approximate surface area is 166 Å². The van der Waals surface area contributed by atoms with Crippen LogP contribution < -0.4 is 5.32 Å². The summed E-state index contributed by atoms with van der Waals surface area (Å²) in [6, 6.07) is 14.1. The number of amides is 1. The molecule has 1 unspecified atom stereocenters. The molecule has 1 N–H and O–H groups in total. The zero-order valence-corrected chi connectivity index (χ0v) is 16.8. The predicted molar refractivity (Wildman–Crippen MR) is 107 cm³/mol. The number of carbonyl (C=O) groups excluding carboxylic acids is 1. The van der Waals surface area contributed by atoms with E-state index in [9.17, 15) is 13.2 Å². The van der Waals surface area contributed by atoms with Crippen LogP contribution in [-0.4, -0.2) is 14.3 Å². The van der Waals surface area contributed by atoms with Crippen LogP contribution in [-0.2, 0) is 14.6 Å². The topological polar surface area (TPSA) is 63.2 Å². The Hall–Kier alpha value is -2.15. The molecule has 1 aromatic heterocycles. The zero-order valence-electron chi connectivity index (χ0n) is 14.4. The van der Waals surface area contributed by atoms with Gasteiger partial charge in [0.1, 0.15) is 4.90 Å². The molecular formula is C20H16ClNO3S2. The molecule has 2 aromatic carbocycles. The summed E-state index contributed by atoms with van der Waals surface area (Å²) in [5.41, 5.74) is 2.19. The van der Waals surface area contributed by atoms with Crippen LogP contribution in [0.1, 0.15) is 28.3 Å². The van der Waals surface area contributed by atoms with Crippen molar-refractivity contribution in [3.63, 3.8) is 0 Å². The van der Waals surface area contributed by atoms with Crippen LogP contribution in [0.5, 0.6) is 0 Å². The molecule has 2 heterocycles. The average Bonchev–Trinajstić information content (AvgIpc) is 3.06. The lowest BCUT2D eigenvalue weighted by Crippen LogP contribution is -2.23. The van der Waals surface area contributed by atoms with Gasteiger partial charge in [-0.2, -0.15) is 0 Å². The fourth-order valence-corrected chi connectivity index (χ4v) is 6.42. The van der Waals surface area contributed by atoms with Crippen LogP contribution in [0.4, 0.5) is 5.69 Å². The van der Waals surface area contributed by atoms with E-state index in [2.05, 4.69) is 5.32 Å². The Kier molecular flexibility index (Phi) is 4.58. The molecule has 0 bridgehead atoms. The molecule has 1 aliphatic rings. The van der Waals surface area contributed by atoms with Crippen LogP contribution in [0.3, 0.4) is 0 Å². The molecule has 0 spiro atoms. The maximum absolute atomic E-state index is 13.1. The van der Waals surface area contributed by atoms with Gasteiger partial charge in [-0.3, -0.25) is 4.79 Å². The summed E-state index contributed by atoms with van der Waals surface area (Å²) in [7, 11) is -3.73. The third-order valence-corrected chi connectivity index (χ3v) is 8.04. The van der Waals surface area contributed by atoms with Gasteiger partial charge in [-0.05, 0) is 30.7 Å². The Morgan fingerprint density at radius 3 is 2.52 bits per heavy atom. The van der Waals surface area contributed by atoms with Crippen molar-refractivity contribution in [3.8, 4) is 0 Å². The molecular weight excluding hydrogens is 402 g/mol. The van der Waals surface area contributed by atoms with Gasteiger partial charge in [0.05, 0.1) is 10.6 Å². The molecule has 0 radical (unpaired) electrons. The minimum absolute atomic E-state index is 0.136. The van der Waals surface area contributed by atoms with Crippen molar-refractivity contribution in [3.05, 3.63) is 74.9 Å². The molecule has 3 aromatic rings. The standard InChI is InChI=1S/C20H16ClNO3S2/c1-12-6-8-13(9-7-12)27(24,25)17-11-26-20-15(10-18(23)22-19(17)20)14-4-2-3-5-16(14)21/h2-9,11,15H,10H2,1H3,(H,22,23). The van der Waals surface area contributed by atoms with Crippen molar-refractivity contribution < 1.29 is 13.2 Å². The molecule has 4 nitrogen and oxygen atoms in total. The molecule has 1 atom stereocenters. The van der Waals surface area contributed by atoms with Crippen molar-refractivity contribution in [2.45, 2.75) is 29.1 Å². The molecule has 0 saturated heterocycles. The highest BCUT2D eigenvalue weighted by molar-refractivity contribution is 7.91. The fourth-order valence-electron chi connectivity index (χ4n) is 3.26. The first-order valence-corrected chi connectivity index (χ1v) is 11.1.